The topological polar surface area (TPSA) is 88.0 Å². The second-order valence-electron chi connectivity index (χ2n) is 13.2. The van der Waals surface area contributed by atoms with Crippen LogP contribution < -0.4 is 14.8 Å². The number of amides is 1. The molecule has 0 aliphatic heterocycles. The molecule has 0 radical (unpaired) electrons. The van der Waals surface area contributed by atoms with E-state index in [1.807, 2.05) is 0 Å². The molecule has 0 spiro atoms. The van der Waals surface area contributed by atoms with Crippen LogP contribution in [-0.4, -0.2) is 34.9 Å². The van der Waals surface area contributed by atoms with E-state index in [1.165, 1.54) is 6.08 Å². The summed E-state index contributed by atoms with van der Waals surface area (Å²) in [5.74, 6) is 0.919. The van der Waals surface area contributed by atoms with E-state index in [9.17, 15) is 15.0 Å². The highest BCUT2D eigenvalue weighted by molar-refractivity contribution is 5.91. The normalized spacial score (nSPS) is 12.4. The maximum Gasteiger partial charge on any atom is 0.243 e. The number of ether oxygens (including phenoxy) is 2. The van der Waals surface area contributed by atoms with Crippen molar-refractivity contribution in [3.05, 3.63) is 52.6 Å². The zero-order valence-corrected chi connectivity index (χ0v) is 27.7. The van der Waals surface area contributed by atoms with Gasteiger partial charge in [-0.2, -0.15) is 0 Å². The Kier molecular flexibility index (Phi) is 12.8. The van der Waals surface area contributed by atoms with Gasteiger partial charge in [0.2, 0.25) is 11.7 Å². The van der Waals surface area contributed by atoms with Gasteiger partial charge in [-0.05, 0) is 89.8 Å². The van der Waals surface area contributed by atoms with Gasteiger partial charge in [-0.25, -0.2) is 0 Å². The number of aromatic hydroxyl groups is 2. The first kappa shape index (κ1) is 35.0. The highest BCUT2D eigenvalue weighted by Crippen LogP contribution is 2.41. The fraction of sp³-hybridized carbons (Fsp3) is 0.583. The molecule has 0 unspecified atom stereocenters. The van der Waals surface area contributed by atoms with Gasteiger partial charge in [0.1, 0.15) is 5.75 Å². The van der Waals surface area contributed by atoms with Crippen LogP contribution in [0.2, 0.25) is 0 Å². The molecule has 0 heterocycles. The minimum Gasteiger partial charge on any atom is -0.507 e. The van der Waals surface area contributed by atoms with Gasteiger partial charge in [0.25, 0.3) is 0 Å². The molecule has 1 amide bonds. The summed E-state index contributed by atoms with van der Waals surface area (Å²) in [6.07, 6.45) is 8.03. The Morgan fingerprint density at radius 1 is 0.786 bits per heavy atom. The predicted molar refractivity (Wildman–Crippen MR) is 174 cm³/mol. The van der Waals surface area contributed by atoms with Crippen molar-refractivity contribution in [2.75, 3.05) is 6.54 Å². The first-order valence-corrected chi connectivity index (χ1v) is 15.7. The van der Waals surface area contributed by atoms with E-state index in [2.05, 4.69) is 86.7 Å². The third kappa shape index (κ3) is 9.99. The second kappa shape index (κ2) is 15.4. The lowest BCUT2D eigenvalue weighted by Gasteiger charge is -2.28. The van der Waals surface area contributed by atoms with E-state index >= 15 is 0 Å². The lowest BCUT2D eigenvalue weighted by Crippen LogP contribution is -2.22. The third-order valence-electron chi connectivity index (χ3n) is 7.63. The Hall–Kier alpha value is -3.15. The molecule has 0 atom stereocenters. The predicted octanol–water partition coefficient (Wildman–Crippen LogP) is 8.59. The van der Waals surface area contributed by atoms with Gasteiger partial charge < -0.3 is 25.0 Å². The van der Waals surface area contributed by atoms with Crippen LogP contribution in [0.1, 0.15) is 124 Å². The van der Waals surface area contributed by atoms with Gasteiger partial charge in [-0.1, -0.05) is 81.4 Å². The molecule has 0 aromatic heterocycles. The number of phenols is 2. The Morgan fingerprint density at radius 3 is 1.64 bits per heavy atom. The summed E-state index contributed by atoms with van der Waals surface area (Å²) >= 11 is 0. The summed E-state index contributed by atoms with van der Waals surface area (Å²) in [6.45, 7) is 21.4. The molecule has 6 nitrogen and oxygen atoms in total. The summed E-state index contributed by atoms with van der Waals surface area (Å²) < 4.78 is 12.2. The van der Waals surface area contributed by atoms with E-state index in [4.69, 9.17) is 9.47 Å². The molecular weight excluding hydrogens is 526 g/mol. The van der Waals surface area contributed by atoms with Crippen molar-refractivity contribution in [1.29, 1.82) is 0 Å². The molecule has 2 aromatic carbocycles. The van der Waals surface area contributed by atoms with Gasteiger partial charge in [-0.3, -0.25) is 4.79 Å². The summed E-state index contributed by atoms with van der Waals surface area (Å²) in [5.41, 5.74) is 3.43. The van der Waals surface area contributed by atoms with Gasteiger partial charge in [0, 0.05) is 12.6 Å². The van der Waals surface area contributed by atoms with Crippen molar-refractivity contribution in [2.24, 2.45) is 0 Å². The minimum atomic E-state index is -0.190. The van der Waals surface area contributed by atoms with Crippen LogP contribution in [0.4, 0.5) is 0 Å². The van der Waals surface area contributed by atoms with E-state index in [1.54, 1.807) is 18.2 Å². The maximum atomic E-state index is 12.7. The van der Waals surface area contributed by atoms with Crippen molar-refractivity contribution < 1.29 is 24.5 Å². The van der Waals surface area contributed by atoms with Crippen LogP contribution in [0.3, 0.4) is 0 Å². The van der Waals surface area contributed by atoms with Gasteiger partial charge in [0.15, 0.2) is 11.5 Å². The lowest BCUT2D eigenvalue weighted by molar-refractivity contribution is -0.116. The zero-order valence-electron chi connectivity index (χ0n) is 27.7. The number of benzene rings is 2. The summed E-state index contributed by atoms with van der Waals surface area (Å²) in [7, 11) is 0. The smallest absolute Gasteiger partial charge is 0.243 e. The number of carbonyl (C=O) groups is 1. The summed E-state index contributed by atoms with van der Waals surface area (Å²) in [6, 6.07) is 7.70. The van der Waals surface area contributed by atoms with E-state index in [0.717, 1.165) is 60.8 Å². The van der Waals surface area contributed by atoms with Crippen LogP contribution in [0, 0.1) is 0 Å². The van der Waals surface area contributed by atoms with Crippen molar-refractivity contribution in [2.45, 2.75) is 131 Å². The monoisotopic (exact) mass is 581 g/mol. The summed E-state index contributed by atoms with van der Waals surface area (Å²) in [5, 5.41) is 24.8. The number of hydrogen-bond donors (Lipinski definition) is 3. The van der Waals surface area contributed by atoms with Crippen molar-refractivity contribution in [3.63, 3.8) is 0 Å². The van der Waals surface area contributed by atoms with Crippen LogP contribution in [0.25, 0.3) is 6.08 Å². The molecule has 42 heavy (non-hydrogen) atoms. The standard InChI is InChI=1S/C36H55NO5/c1-11-26(12-2)41-30-22-25(23-31(34(30)40)42-27(13-3)14-4)17-18-32(38)37-19-15-16-24-20-28(35(5,6)7)33(39)29(21-24)36(8,9)10/h17-18,20-23,26-27,39-40H,11-16,19H2,1-10H3,(H,37,38). The Balaban J connectivity index is 2.14. The molecule has 0 fully saturated rings. The van der Waals surface area contributed by atoms with Gasteiger partial charge >= 0.3 is 0 Å². The van der Waals surface area contributed by atoms with Crippen molar-refractivity contribution in [1.82, 2.24) is 5.32 Å². The van der Waals surface area contributed by atoms with Crippen LogP contribution in [0.15, 0.2) is 30.3 Å². The molecule has 0 aliphatic rings. The highest BCUT2D eigenvalue weighted by Gasteiger charge is 2.26. The first-order valence-electron chi connectivity index (χ1n) is 15.7. The molecule has 0 bridgehead atoms. The van der Waals surface area contributed by atoms with E-state index < -0.39 is 0 Å². The summed E-state index contributed by atoms with van der Waals surface area (Å²) in [4.78, 5) is 12.7. The Labute approximate surface area is 254 Å². The number of rotatable bonds is 14. The fourth-order valence-corrected chi connectivity index (χ4v) is 4.87. The fourth-order valence-electron chi connectivity index (χ4n) is 4.87. The van der Waals surface area contributed by atoms with E-state index in [-0.39, 0.29) is 34.7 Å². The third-order valence-corrected chi connectivity index (χ3v) is 7.63. The van der Waals surface area contributed by atoms with Crippen LogP contribution in [-0.2, 0) is 22.0 Å². The second-order valence-corrected chi connectivity index (χ2v) is 13.2. The lowest BCUT2D eigenvalue weighted by atomic mass is 9.78. The van der Waals surface area contributed by atoms with Crippen molar-refractivity contribution in [3.8, 4) is 23.0 Å². The van der Waals surface area contributed by atoms with Gasteiger partial charge in [-0.15, -0.1) is 0 Å². The molecule has 0 aliphatic carbocycles. The number of nitrogens with one attached hydrogen (secondary N) is 1. The molecule has 234 valence electrons. The number of phenolic OH excluding ortho intramolecular Hbond substituents is 2. The molecule has 2 aromatic rings. The Morgan fingerprint density at radius 2 is 1.24 bits per heavy atom. The van der Waals surface area contributed by atoms with Gasteiger partial charge in [0.05, 0.1) is 12.2 Å². The quantitative estimate of drug-likeness (QED) is 0.154. The molecular formula is C36H55NO5. The minimum absolute atomic E-state index is 0.00568. The molecule has 0 saturated carbocycles. The maximum absolute atomic E-state index is 12.7. The Bertz CT molecular complexity index is 1120. The average molecular weight is 582 g/mol. The van der Waals surface area contributed by atoms with Crippen LogP contribution in [0.5, 0.6) is 23.0 Å². The number of hydrogen-bond acceptors (Lipinski definition) is 5. The molecule has 0 saturated heterocycles. The molecule has 2 rings (SSSR count). The van der Waals surface area contributed by atoms with Crippen molar-refractivity contribution >= 4 is 12.0 Å². The SMILES string of the molecule is CCC(CC)Oc1cc(C=CC(=O)NCCCc2cc(C(C)(C)C)c(O)c(C(C)(C)C)c2)cc(OC(CC)CC)c1O. The average Bonchev–Trinajstić information content (AvgIpc) is 2.92. The van der Waals surface area contributed by atoms with E-state index in [0.29, 0.717) is 23.8 Å². The molecule has 6 heteroatoms. The first-order chi connectivity index (χ1) is 19.6. The molecule has 3 N–H and O–H groups in total. The zero-order chi connectivity index (χ0) is 31.7. The highest BCUT2D eigenvalue weighted by atomic mass is 16.5. The van der Waals surface area contributed by atoms with Crippen LogP contribution >= 0.6 is 0 Å². The number of aryl methyl sites for hydroxylation is 1. The largest absolute Gasteiger partial charge is 0.507 e. The number of carbonyl (C=O) groups excluding carboxylic acids is 1.